The molecule has 0 amide bonds. The van der Waals surface area contributed by atoms with Crippen LogP contribution < -0.4 is 0 Å². The molecule has 0 heterocycles. The van der Waals surface area contributed by atoms with E-state index >= 15 is 0 Å². The third-order valence-corrected chi connectivity index (χ3v) is 0. The Morgan fingerprint density at radius 2 is 0.857 bits per heavy atom. The van der Waals surface area contributed by atoms with E-state index in [0.717, 1.165) is 0 Å². The molecule has 46 valence electrons. The second kappa shape index (κ2) is 0.721. The Balaban J connectivity index is 4.85. The molecule has 0 radical (unpaired) electrons. The predicted octanol–water partition coefficient (Wildman–Crippen LogP) is -2.91. The molecular weight excluding hydrogens is 147 g/mol. The van der Waals surface area contributed by atoms with E-state index < -0.39 is 13.5 Å². The van der Waals surface area contributed by atoms with E-state index in [-0.39, 0.29) is 0 Å². The first kappa shape index (κ1) is 7.18. The Morgan fingerprint density at radius 1 is 0.857 bits per heavy atom. The molecule has 0 rings (SSSR count). The van der Waals surface area contributed by atoms with Gasteiger partial charge >= 0.3 is 37.3 Å². The second-order valence-electron chi connectivity index (χ2n) is 1.30. The van der Waals surface area contributed by atoms with Crippen LogP contribution in [0.25, 0.3) is 0 Å². The van der Waals surface area contributed by atoms with Crippen molar-refractivity contribution in [2.75, 3.05) is 0 Å². The summed E-state index contributed by atoms with van der Waals surface area (Å²) in [5.41, 5.74) is 0. The summed E-state index contributed by atoms with van der Waals surface area (Å²) in [5.74, 6) is 0. The van der Waals surface area contributed by atoms with Crippen molar-refractivity contribution in [3.63, 3.8) is 0 Å². The van der Waals surface area contributed by atoms with Gasteiger partial charge in [0.15, 0.2) is 0 Å². The SMILES string of the molecule is [O]=[V]([OH])([OH])([OH])([OH])[OH]. The van der Waals surface area contributed by atoms with Crippen LogP contribution in [0.2, 0.25) is 0 Å². The Kier molecular flexibility index (Phi) is 0.740. The van der Waals surface area contributed by atoms with Crippen LogP contribution in [0.4, 0.5) is 0 Å². The fraction of sp³-hybridized carbons (Fsp3) is 0. The molecule has 0 aromatic rings. The Bertz CT molecular complexity index is 122. The first-order chi connectivity index (χ1) is 2.45. The molecule has 0 atom stereocenters. The number of hydrogen-bond acceptors (Lipinski definition) is 1. The maximum atomic E-state index is 9.21. The van der Waals surface area contributed by atoms with E-state index in [1.807, 2.05) is 0 Å². The Morgan fingerprint density at radius 3 is 0.857 bits per heavy atom. The van der Waals surface area contributed by atoms with E-state index in [1.54, 1.807) is 0 Å². The molecule has 5 N–H and O–H groups in total. The zero-order valence-corrected chi connectivity index (χ0v) is 4.49. The van der Waals surface area contributed by atoms with Crippen LogP contribution in [0.3, 0.4) is 0 Å². The molecule has 0 aromatic heterocycles. The molecule has 0 spiro atoms. The Labute approximate surface area is 38.1 Å². The van der Waals surface area contributed by atoms with Crippen molar-refractivity contribution in [3.05, 3.63) is 0 Å². The fourth-order valence-electron chi connectivity index (χ4n) is 0. The van der Waals surface area contributed by atoms with Crippen molar-refractivity contribution in [3.8, 4) is 0 Å². The van der Waals surface area contributed by atoms with Crippen LogP contribution in [0.1, 0.15) is 0 Å². The van der Waals surface area contributed by atoms with Crippen molar-refractivity contribution in [1.29, 1.82) is 0 Å². The third-order valence-electron chi connectivity index (χ3n) is 0. The molecule has 0 saturated heterocycles. The standard InChI is InChI=1S/5H2O.O.V/h5*1H2;;/q;;;;;;+5/p-5. The van der Waals surface area contributed by atoms with E-state index in [0.29, 0.717) is 0 Å². The van der Waals surface area contributed by atoms with Gasteiger partial charge in [0.25, 0.3) is 0 Å². The van der Waals surface area contributed by atoms with E-state index in [9.17, 15) is 3.67 Å². The molecule has 0 aliphatic rings. The summed E-state index contributed by atoms with van der Waals surface area (Å²) in [5, 5.41) is 0. The summed E-state index contributed by atoms with van der Waals surface area (Å²) in [7, 11) is 0. The van der Waals surface area contributed by atoms with Gasteiger partial charge in [-0.2, -0.15) is 0 Å². The first-order valence-electron chi connectivity index (χ1n) is 1.18. The van der Waals surface area contributed by atoms with E-state index in [4.69, 9.17) is 20.2 Å². The molecular formula is H5O6V. The summed E-state index contributed by atoms with van der Waals surface area (Å²) < 4.78 is 45.7. The number of rotatable bonds is 0. The van der Waals surface area contributed by atoms with E-state index in [1.165, 1.54) is 0 Å². The molecule has 0 aliphatic carbocycles. The van der Waals surface area contributed by atoms with Crippen molar-refractivity contribution < 1.29 is 37.3 Å². The molecule has 0 unspecified atom stereocenters. The van der Waals surface area contributed by atoms with Gasteiger partial charge < -0.3 is 0 Å². The average molecular weight is 152 g/mol. The van der Waals surface area contributed by atoms with Crippen molar-refractivity contribution in [2.45, 2.75) is 0 Å². The van der Waals surface area contributed by atoms with Crippen LogP contribution in [-0.2, 0) is 17.1 Å². The van der Waals surface area contributed by atoms with Gasteiger partial charge in [-0.05, 0) is 0 Å². The van der Waals surface area contributed by atoms with Gasteiger partial charge in [0, 0.05) is 0 Å². The summed E-state index contributed by atoms with van der Waals surface area (Å²) in [6.07, 6.45) is 0. The van der Waals surface area contributed by atoms with Crippen LogP contribution in [0.15, 0.2) is 0 Å². The quantitative estimate of drug-likeness (QED) is 0.254. The van der Waals surface area contributed by atoms with Gasteiger partial charge in [-0.15, -0.1) is 0 Å². The monoisotopic (exact) mass is 152 g/mol. The van der Waals surface area contributed by atoms with Gasteiger partial charge in [0.1, 0.15) is 0 Å². The number of hydrogen-bond donors (Lipinski definition) is 5. The van der Waals surface area contributed by atoms with Crippen LogP contribution in [0, 0.1) is 0 Å². The van der Waals surface area contributed by atoms with Gasteiger partial charge in [-0.1, -0.05) is 0 Å². The summed E-state index contributed by atoms with van der Waals surface area (Å²) >= 11 is -8.31. The molecule has 0 saturated carbocycles. The van der Waals surface area contributed by atoms with Crippen molar-refractivity contribution >= 4 is 0 Å². The molecule has 7 heteroatoms. The first-order valence-corrected chi connectivity index (χ1v) is 4.88. The molecule has 0 fully saturated rings. The molecule has 0 aliphatic heterocycles. The maximum absolute atomic E-state index is 9.21. The minimum atomic E-state index is -8.31. The third kappa shape index (κ3) is 3180. The fourth-order valence-corrected chi connectivity index (χ4v) is 0. The molecule has 0 bridgehead atoms. The normalized spacial score (nSPS) is 23.0. The molecule has 6 nitrogen and oxygen atoms in total. The van der Waals surface area contributed by atoms with Crippen LogP contribution in [0.5, 0.6) is 0 Å². The van der Waals surface area contributed by atoms with Gasteiger partial charge in [-0.25, -0.2) is 0 Å². The van der Waals surface area contributed by atoms with Crippen molar-refractivity contribution in [1.82, 2.24) is 0 Å². The van der Waals surface area contributed by atoms with Crippen molar-refractivity contribution in [2.24, 2.45) is 0 Å². The zero-order valence-electron chi connectivity index (χ0n) is 3.09. The summed E-state index contributed by atoms with van der Waals surface area (Å²) in [6, 6.07) is 0. The van der Waals surface area contributed by atoms with Gasteiger partial charge in [-0.3, -0.25) is 0 Å². The average Bonchev–Trinajstić information content (AvgIpc) is 0.592. The Hall–Kier alpha value is 0.184. The second-order valence-corrected chi connectivity index (χ2v) is 5.37. The van der Waals surface area contributed by atoms with Gasteiger partial charge in [0.2, 0.25) is 0 Å². The predicted molar refractivity (Wildman–Crippen MR) is 11.8 cm³/mol. The van der Waals surface area contributed by atoms with Gasteiger partial charge in [0.05, 0.1) is 0 Å². The minimum absolute atomic E-state index is 7.30. The van der Waals surface area contributed by atoms with E-state index in [2.05, 4.69) is 0 Å². The van der Waals surface area contributed by atoms with Crippen LogP contribution in [-0.4, -0.2) is 20.2 Å². The summed E-state index contributed by atoms with van der Waals surface area (Å²) in [6.45, 7) is 0. The van der Waals surface area contributed by atoms with Crippen LogP contribution >= 0.6 is 0 Å². The molecule has 0 aromatic carbocycles. The topological polar surface area (TPSA) is 118 Å². The zero-order chi connectivity index (χ0) is 6.41. The summed E-state index contributed by atoms with van der Waals surface area (Å²) in [4.78, 5) is 0. The molecule has 7 heavy (non-hydrogen) atoms.